The first-order chi connectivity index (χ1) is 7.23. The Morgan fingerprint density at radius 2 is 1.94 bits per heavy atom. The molecule has 16 heavy (non-hydrogen) atoms. The molecule has 1 rings (SSSR count). The van der Waals surface area contributed by atoms with E-state index >= 15 is 0 Å². The van der Waals surface area contributed by atoms with Crippen molar-refractivity contribution in [2.24, 2.45) is 5.92 Å². The first-order valence-electron chi connectivity index (χ1n) is 5.10. The molecule has 0 bridgehead atoms. The summed E-state index contributed by atoms with van der Waals surface area (Å²) in [5.41, 5.74) is -1.80. The molecule has 0 aromatic carbocycles. The lowest BCUT2D eigenvalue weighted by molar-refractivity contribution is -0.141. The van der Waals surface area contributed by atoms with E-state index in [1.165, 1.54) is 6.92 Å². The molecule has 92 valence electrons. The molecule has 0 atom stereocenters. The van der Waals surface area contributed by atoms with Crippen molar-refractivity contribution in [1.82, 2.24) is 9.78 Å². The maximum absolute atomic E-state index is 12.5. The highest BCUT2D eigenvalue weighted by Gasteiger charge is 2.36. The average molecular weight is 236 g/mol. The highest BCUT2D eigenvalue weighted by Crippen LogP contribution is 2.28. The molecule has 0 aliphatic heterocycles. The van der Waals surface area contributed by atoms with Gasteiger partial charge in [0.2, 0.25) is 0 Å². The lowest BCUT2D eigenvalue weighted by Gasteiger charge is -2.06. The second-order valence-electron chi connectivity index (χ2n) is 4.25. The normalized spacial score (nSPS) is 12.4. The van der Waals surface area contributed by atoms with Gasteiger partial charge in [0.25, 0.3) is 5.56 Å². The second-order valence-corrected chi connectivity index (χ2v) is 4.25. The summed E-state index contributed by atoms with van der Waals surface area (Å²) >= 11 is 0. The molecule has 1 aromatic heterocycles. The zero-order valence-electron chi connectivity index (χ0n) is 9.48. The number of aromatic nitrogens is 2. The van der Waals surface area contributed by atoms with Gasteiger partial charge in [0.15, 0.2) is 0 Å². The van der Waals surface area contributed by atoms with E-state index in [4.69, 9.17) is 0 Å². The summed E-state index contributed by atoms with van der Waals surface area (Å²) < 4.78 is 38.4. The molecule has 0 aliphatic rings. The Morgan fingerprint density at radius 3 is 2.31 bits per heavy atom. The Hall–Kier alpha value is -1.20. The quantitative estimate of drug-likeness (QED) is 0.860. The first-order valence-corrected chi connectivity index (χ1v) is 5.10. The minimum absolute atomic E-state index is 0.267. The van der Waals surface area contributed by atoms with E-state index < -0.39 is 17.4 Å². The van der Waals surface area contributed by atoms with Gasteiger partial charge in [-0.2, -0.15) is 13.2 Å². The molecule has 1 N–H and O–H groups in total. The van der Waals surface area contributed by atoms with Crippen LogP contribution in [0.3, 0.4) is 0 Å². The average Bonchev–Trinajstić information content (AvgIpc) is 2.40. The van der Waals surface area contributed by atoms with Crippen LogP contribution in [0, 0.1) is 12.8 Å². The van der Waals surface area contributed by atoms with Crippen molar-refractivity contribution in [2.45, 2.75) is 39.9 Å². The predicted octanol–water partition coefficient (Wildman–Crippen LogP) is 2.55. The maximum Gasteiger partial charge on any atom is 0.433 e. The van der Waals surface area contributed by atoms with Crippen LogP contribution in [0.25, 0.3) is 0 Å². The van der Waals surface area contributed by atoms with Crippen LogP contribution in [0.2, 0.25) is 0 Å². The smallest absolute Gasteiger partial charge is 0.291 e. The summed E-state index contributed by atoms with van der Waals surface area (Å²) in [5, 5.41) is 2.12. The number of aromatic amines is 1. The predicted molar refractivity (Wildman–Crippen MR) is 54.2 cm³/mol. The second kappa shape index (κ2) is 4.35. The number of nitrogens with zero attached hydrogens (tertiary/aromatic N) is 1. The maximum atomic E-state index is 12.5. The van der Waals surface area contributed by atoms with Gasteiger partial charge < -0.3 is 0 Å². The summed E-state index contributed by atoms with van der Waals surface area (Å²) in [5.74, 6) is 0.338. The number of H-pyrrole nitrogens is 1. The molecule has 0 saturated heterocycles. The van der Waals surface area contributed by atoms with Crippen molar-refractivity contribution in [3.05, 3.63) is 21.6 Å². The van der Waals surface area contributed by atoms with Gasteiger partial charge in [-0.3, -0.25) is 14.6 Å². The lowest BCUT2D eigenvalue weighted by Crippen LogP contribution is -2.18. The van der Waals surface area contributed by atoms with Crippen LogP contribution in [0.5, 0.6) is 0 Å². The van der Waals surface area contributed by atoms with Gasteiger partial charge >= 0.3 is 6.18 Å². The molecule has 0 aliphatic carbocycles. The van der Waals surface area contributed by atoms with Gasteiger partial charge in [-0.15, -0.1) is 0 Å². The third kappa shape index (κ3) is 2.68. The summed E-state index contributed by atoms with van der Waals surface area (Å²) in [6.45, 7) is 5.37. The van der Waals surface area contributed by atoms with E-state index in [-0.39, 0.29) is 12.1 Å². The van der Waals surface area contributed by atoms with E-state index in [0.29, 0.717) is 12.3 Å². The highest BCUT2D eigenvalue weighted by molar-refractivity contribution is 5.18. The summed E-state index contributed by atoms with van der Waals surface area (Å²) in [6, 6.07) is 0. The van der Waals surface area contributed by atoms with Gasteiger partial charge in [0.1, 0.15) is 5.69 Å². The Morgan fingerprint density at radius 1 is 1.38 bits per heavy atom. The molecule has 0 unspecified atom stereocenters. The van der Waals surface area contributed by atoms with Crippen LogP contribution in [0.1, 0.15) is 31.5 Å². The number of halogens is 3. The fraction of sp³-hybridized carbons (Fsp3) is 0.700. The number of hydrogen-bond donors (Lipinski definition) is 1. The van der Waals surface area contributed by atoms with Gasteiger partial charge in [-0.25, -0.2) is 0 Å². The fourth-order valence-electron chi connectivity index (χ4n) is 1.40. The number of hydrogen-bond acceptors (Lipinski definition) is 1. The third-order valence-electron chi connectivity index (χ3n) is 2.40. The number of nitrogens with one attached hydrogen (secondary N) is 1. The summed E-state index contributed by atoms with van der Waals surface area (Å²) in [6.07, 6.45) is -3.83. The van der Waals surface area contributed by atoms with Gasteiger partial charge in [-0.05, 0) is 19.3 Å². The minimum atomic E-state index is -4.49. The van der Waals surface area contributed by atoms with Crippen molar-refractivity contribution in [2.75, 3.05) is 0 Å². The highest BCUT2D eigenvalue weighted by atomic mass is 19.4. The molecule has 3 nitrogen and oxygen atoms in total. The van der Waals surface area contributed by atoms with E-state index in [9.17, 15) is 18.0 Å². The van der Waals surface area contributed by atoms with Crippen LogP contribution < -0.4 is 5.56 Å². The standard InChI is InChI=1S/C10H15F3N2O/c1-6(2)4-5-15-9(16)7(3)8(14-15)10(11,12)13/h6,14H,4-5H2,1-3H3. The van der Waals surface area contributed by atoms with Crippen molar-refractivity contribution >= 4 is 0 Å². The van der Waals surface area contributed by atoms with Gasteiger partial charge in [-0.1, -0.05) is 13.8 Å². The fourth-order valence-corrected chi connectivity index (χ4v) is 1.40. The van der Waals surface area contributed by atoms with Gasteiger partial charge in [0.05, 0.1) is 0 Å². The molecule has 0 fully saturated rings. The molecule has 0 saturated carbocycles. The Labute approximate surface area is 91.3 Å². The monoisotopic (exact) mass is 236 g/mol. The lowest BCUT2D eigenvalue weighted by atomic mass is 10.1. The molecular weight excluding hydrogens is 221 g/mol. The van der Waals surface area contributed by atoms with Crippen molar-refractivity contribution < 1.29 is 13.2 Å². The van der Waals surface area contributed by atoms with Crippen LogP contribution in [0.4, 0.5) is 13.2 Å². The van der Waals surface area contributed by atoms with Crippen LogP contribution in [-0.4, -0.2) is 9.78 Å². The van der Waals surface area contributed by atoms with Gasteiger partial charge in [0, 0.05) is 12.1 Å². The van der Waals surface area contributed by atoms with E-state index in [1.807, 2.05) is 13.8 Å². The Balaban J connectivity index is 3.01. The summed E-state index contributed by atoms with van der Waals surface area (Å²) in [7, 11) is 0. The third-order valence-corrected chi connectivity index (χ3v) is 2.40. The minimum Gasteiger partial charge on any atom is -0.291 e. The van der Waals surface area contributed by atoms with Crippen LogP contribution >= 0.6 is 0 Å². The van der Waals surface area contributed by atoms with Crippen molar-refractivity contribution in [3.63, 3.8) is 0 Å². The zero-order valence-corrected chi connectivity index (χ0v) is 9.48. The SMILES string of the molecule is Cc1c(C(F)(F)F)[nH]n(CCC(C)C)c1=O. The van der Waals surface area contributed by atoms with Crippen LogP contribution in [-0.2, 0) is 12.7 Å². The molecule has 0 amide bonds. The number of rotatable bonds is 3. The van der Waals surface area contributed by atoms with E-state index in [0.717, 1.165) is 4.68 Å². The molecule has 1 heterocycles. The van der Waals surface area contributed by atoms with Crippen molar-refractivity contribution in [1.29, 1.82) is 0 Å². The summed E-state index contributed by atoms with van der Waals surface area (Å²) in [4.78, 5) is 11.5. The van der Waals surface area contributed by atoms with E-state index in [1.54, 1.807) is 0 Å². The van der Waals surface area contributed by atoms with Crippen LogP contribution in [0.15, 0.2) is 4.79 Å². The topological polar surface area (TPSA) is 37.8 Å². The Bertz CT molecular complexity index is 415. The molecular formula is C10H15F3N2O. The van der Waals surface area contributed by atoms with Crippen molar-refractivity contribution in [3.8, 4) is 0 Å². The largest absolute Gasteiger partial charge is 0.433 e. The first kappa shape index (κ1) is 12.9. The Kier molecular flexibility index (Phi) is 3.50. The van der Waals surface area contributed by atoms with E-state index in [2.05, 4.69) is 5.10 Å². The molecule has 1 aromatic rings. The number of alkyl halides is 3. The zero-order chi connectivity index (χ0) is 12.5. The molecule has 6 heteroatoms. The molecule has 0 radical (unpaired) electrons. The number of aryl methyl sites for hydroxylation is 1. The molecule has 0 spiro atoms.